The third kappa shape index (κ3) is 3.13. The molecular formula is C15H21N5O2. The van der Waals surface area contributed by atoms with Crippen LogP contribution in [-0.2, 0) is 6.54 Å². The molecule has 2 aromatic heterocycles. The molecule has 22 heavy (non-hydrogen) atoms. The molecule has 1 aliphatic rings. The van der Waals surface area contributed by atoms with Gasteiger partial charge >= 0.3 is 6.03 Å². The van der Waals surface area contributed by atoms with Crippen molar-refractivity contribution in [1.29, 1.82) is 0 Å². The molecule has 3 rings (SSSR count). The lowest BCUT2D eigenvalue weighted by Gasteiger charge is -2.25. The topological polar surface area (TPSA) is 76.2 Å². The van der Waals surface area contributed by atoms with Crippen LogP contribution in [0.5, 0.6) is 0 Å². The first kappa shape index (κ1) is 14.6. The van der Waals surface area contributed by atoms with E-state index in [1.165, 1.54) is 0 Å². The Morgan fingerprint density at radius 2 is 2.45 bits per heavy atom. The standard InChI is InChI=1S/C15H21N5O2/c1-11-8-14(22-18-11)13-4-3-6-20(13)15(21)17-12(2)9-19-7-5-16-10-19/h5,7-8,10,12-13H,3-4,6,9H2,1-2H3,(H,17,21)/t12-,13+/m1/s1. The van der Waals surface area contributed by atoms with Crippen molar-refractivity contribution in [3.05, 3.63) is 36.2 Å². The lowest BCUT2D eigenvalue weighted by atomic mass is 10.1. The minimum absolute atomic E-state index is 0.0124. The number of nitrogens with one attached hydrogen (secondary N) is 1. The smallest absolute Gasteiger partial charge is 0.318 e. The van der Waals surface area contributed by atoms with Gasteiger partial charge in [-0.1, -0.05) is 5.16 Å². The van der Waals surface area contributed by atoms with E-state index in [4.69, 9.17) is 4.52 Å². The van der Waals surface area contributed by atoms with E-state index in [9.17, 15) is 4.79 Å². The van der Waals surface area contributed by atoms with Crippen molar-refractivity contribution < 1.29 is 9.32 Å². The molecule has 0 bridgehead atoms. The van der Waals surface area contributed by atoms with Gasteiger partial charge in [0.1, 0.15) is 0 Å². The summed E-state index contributed by atoms with van der Waals surface area (Å²) in [5, 5.41) is 6.97. The molecule has 118 valence electrons. The van der Waals surface area contributed by atoms with Crippen LogP contribution in [0.4, 0.5) is 4.79 Å². The largest absolute Gasteiger partial charge is 0.359 e. The highest BCUT2D eigenvalue weighted by Crippen LogP contribution is 2.32. The summed E-state index contributed by atoms with van der Waals surface area (Å²) in [7, 11) is 0. The molecule has 1 saturated heterocycles. The summed E-state index contributed by atoms with van der Waals surface area (Å²) in [4.78, 5) is 18.3. The van der Waals surface area contributed by atoms with Crippen LogP contribution in [0.1, 0.15) is 37.3 Å². The molecule has 7 heteroatoms. The summed E-state index contributed by atoms with van der Waals surface area (Å²) in [6.07, 6.45) is 7.26. The Balaban J connectivity index is 1.61. The SMILES string of the molecule is Cc1cc([C@@H]2CCCN2C(=O)N[C@H](C)Cn2ccnc2)on1. The summed E-state index contributed by atoms with van der Waals surface area (Å²) in [5.41, 5.74) is 0.843. The minimum Gasteiger partial charge on any atom is -0.359 e. The second-order valence-corrected chi connectivity index (χ2v) is 5.83. The molecule has 2 amide bonds. The Labute approximate surface area is 129 Å². The highest BCUT2D eigenvalue weighted by Gasteiger charge is 2.33. The molecule has 0 spiro atoms. The van der Waals surface area contributed by atoms with E-state index >= 15 is 0 Å². The first-order chi connectivity index (χ1) is 10.6. The molecule has 2 aromatic rings. The van der Waals surface area contributed by atoms with Gasteiger partial charge in [0.2, 0.25) is 0 Å². The van der Waals surface area contributed by atoms with Crippen molar-refractivity contribution in [2.75, 3.05) is 6.54 Å². The average molecular weight is 303 g/mol. The normalized spacial score (nSPS) is 19.4. The number of urea groups is 1. The van der Waals surface area contributed by atoms with Gasteiger partial charge in [0.25, 0.3) is 0 Å². The van der Waals surface area contributed by atoms with E-state index in [1.807, 2.05) is 35.6 Å². The van der Waals surface area contributed by atoms with Crippen LogP contribution < -0.4 is 5.32 Å². The van der Waals surface area contributed by atoms with E-state index < -0.39 is 0 Å². The summed E-state index contributed by atoms with van der Waals surface area (Å²) < 4.78 is 7.29. The number of imidazole rings is 1. The minimum atomic E-state index is -0.0517. The van der Waals surface area contributed by atoms with Crippen LogP contribution in [0, 0.1) is 6.92 Å². The Morgan fingerprint density at radius 3 is 3.14 bits per heavy atom. The van der Waals surface area contributed by atoms with Gasteiger partial charge in [-0.3, -0.25) is 0 Å². The number of hydrogen-bond acceptors (Lipinski definition) is 4. The molecule has 0 aliphatic carbocycles. The van der Waals surface area contributed by atoms with Crippen molar-refractivity contribution in [1.82, 2.24) is 24.9 Å². The molecule has 0 unspecified atom stereocenters. The molecule has 3 heterocycles. The quantitative estimate of drug-likeness (QED) is 0.938. The maximum absolute atomic E-state index is 12.5. The lowest BCUT2D eigenvalue weighted by molar-refractivity contribution is 0.178. The third-order valence-corrected chi connectivity index (χ3v) is 3.90. The molecule has 7 nitrogen and oxygen atoms in total. The monoisotopic (exact) mass is 303 g/mol. The molecular weight excluding hydrogens is 282 g/mol. The average Bonchev–Trinajstić information content (AvgIpc) is 3.17. The van der Waals surface area contributed by atoms with Crippen LogP contribution in [-0.4, -0.2) is 38.2 Å². The molecule has 2 atom stereocenters. The lowest BCUT2D eigenvalue weighted by Crippen LogP contribution is -2.44. The molecule has 0 aromatic carbocycles. The Hall–Kier alpha value is -2.31. The maximum Gasteiger partial charge on any atom is 0.318 e. The highest BCUT2D eigenvalue weighted by molar-refractivity contribution is 5.75. The van der Waals surface area contributed by atoms with Crippen molar-refractivity contribution in [2.45, 2.75) is 45.3 Å². The van der Waals surface area contributed by atoms with Gasteiger partial charge in [-0.25, -0.2) is 9.78 Å². The predicted molar refractivity (Wildman–Crippen MR) is 80.1 cm³/mol. The maximum atomic E-state index is 12.5. The Kier molecular flexibility index (Phi) is 4.13. The van der Waals surface area contributed by atoms with Crippen LogP contribution in [0.15, 0.2) is 29.3 Å². The van der Waals surface area contributed by atoms with E-state index in [0.29, 0.717) is 6.54 Å². The zero-order chi connectivity index (χ0) is 15.5. The fourth-order valence-corrected chi connectivity index (χ4v) is 2.90. The van der Waals surface area contributed by atoms with E-state index in [2.05, 4.69) is 15.5 Å². The first-order valence-corrected chi connectivity index (χ1v) is 7.59. The number of amides is 2. The van der Waals surface area contributed by atoms with Gasteiger partial charge in [-0.15, -0.1) is 0 Å². The fourth-order valence-electron chi connectivity index (χ4n) is 2.90. The van der Waals surface area contributed by atoms with Gasteiger partial charge < -0.3 is 19.3 Å². The van der Waals surface area contributed by atoms with Crippen LogP contribution >= 0.6 is 0 Å². The van der Waals surface area contributed by atoms with Gasteiger partial charge in [0, 0.05) is 37.6 Å². The Morgan fingerprint density at radius 1 is 1.59 bits per heavy atom. The number of carbonyl (C=O) groups excluding carboxylic acids is 1. The summed E-state index contributed by atoms with van der Waals surface area (Å²) in [6, 6.07) is 1.87. The highest BCUT2D eigenvalue weighted by atomic mass is 16.5. The van der Waals surface area contributed by atoms with E-state index in [1.54, 1.807) is 12.5 Å². The zero-order valence-electron chi connectivity index (χ0n) is 12.9. The molecule has 0 saturated carbocycles. The van der Waals surface area contributed by atoms with Crippen molar-refractivity contribution >= 4 is 6.03 Å². The number of carbonyl (C=O) groups is 1. The van der Waals surface area contributed by atoms with E-state index in [0.717, 1.165) is 30.8 Å². The van der Waals surface area contributed by atoms with E-state index in [-0.39, 0.29) is 18.1 Å². The van der Waals surface area contributed by atoms with Gasteiger partial charge in [-0.2, -0.15) is 0 Å². The predicted octanol–water partition coefficient (Wildman–Crippen LogP) is 2.11. The molecule has 1 N–H and O–H groups in total. The number of hydrogen-bond donors (Lipinski definition) is 1. The number of nitrogens with zero attached hydrogens (tertiary/aromatic N) is 4. The van der Waals surface area contributed by atoms with Crippen molar-refractivity contribution in [2.24, 2.45) is 0 Å². The summed E-state index contributed by atoms with van der Waals surface area (Å²) in [5.74, 6) is 0.771. The van der Waals surface area contributed by atoms with Gasteiger partial charge in [0.05, 0.1) is 18.1 Å². The van der Waals surface area contributed by atoms with Gasteiger partial charge in [0.15, 0.2) is 5.76 Å². The number of aromatic nitrogens is 3. The number of rotatable bonds is 4. The number of aryl methyl sites for hydroxylation is 1. The fraction of sp³-hybridized carbons (Fsp3) is 0.533. The Bertz CT molecular complexity index is 622. The summed E-state index contributed by atoms with van der Waals surface area (Å²) >= 11 is 0. The van der Waals surface area contributed by atoms with Crippen LogP contribution in [0.2, 0.25) is 0 Å². The molecule has 1 fully saturated rings. The second-order valence-electron chi connectivity index (χ2n) is 5.83. The third-order valence-electron chi connectivity index (χ3n) is 3.90. The second kappa shape index (κ2) is 6.21. The zero-order valence-corrected chi connectivity index (χ0v) is 12.9. The van der Waals surface area contributed by atoms with Crippen molar-refractivity contribution in [3.63, 3.8) is 0 Å². The summed E-state index contributed by atoms with van der Waals surface area (Å²) in [6.45, 7) is 5.32. The molecule has 1 aliphatic heterocycles. The van der Waals surface area contributed by atoms with Crippen molar-refractivity contribution in [3.8, 4) is 0 Å². The van der Waals surface area contributed by atoms with Gasteiger partial charge in [-0.05, 0) is 26.7 Å². The van der Waals surface area contributed by atoms with Crippen LogP contribution in [0.3, 0.4) is 0 Å². The first-order valence-electron chi connectivity index (χ1n) is 7.59. The molecule has 0 radical (unpaired) electrons. The van der Waals surface area contributed by atoms with Crippen LogP contribution in [0.25, 0.3) is 0 Å². The number of likely N-dealkylation sites (tertiary alicyclic amines) is 1.